The largest absolute Gasteiger partial charge is 0.353 e. The number of amidine groups is 1. The highest BCUT2D eigenvalue weighted by Crippen LogP contribution is 2.40. The second kappa shape index (κ2) is 5.62. The van der Waals surface area contributed by atoms with Gasteiger partial charge in [0.25, 0.3) is 0 Å². The molecule has 1 saturated heterocycles. The van der Waals surface area contributed by atoms with Crippen LogP contribution in [-0.2, 0) is 0 Å². The molecule has 0 atom stereocenters. The minimum atomic E-state index is -0.231. The number of piperazine rings is 1. The summed E-state index contributed by atoms with van der Waals surface area (Å²) in [5.41, 5.74) is 3.87. The summed E-state index contributed by atoms with van der Waals surface area (Å²) in [4.78, 5) is 11.6. The first-order valence-corrected chi connectivity index (χ1v) is 8.70. The van der Waals surface area contributed by atoms with Crippen LogP contribution in [0.15, 0.2) is 34.0 Å². The van der Waals surface area contributed by atoms with Gasteiger partial charge >= 0.3 is 0 Å². The molecule has 2 aromatic rings. The minimum Gasteiger partial charge on any atom is -0.353 e. The highest BCUT2D eigenvalue weighted by atomic mass is 32.1. The van der Waals surface area contributed by atoms with E-state index in [1.165, 1.54) is 6.07 Å². The first-order chi connectivity index (χ1) is 11.1. The molecule has 2 aliphatic heterocycles. The van der Waals surface area contributed by atoms with Gasteiger partial charge in [-0.25, -0.2) is 9.38 Å². The second-order valence-electron chi connectivity index (χ2n) is 6.09. The number of likely N-dealkylation sites (N-methyl/N-ethyl adjacent to an activating group) is 1. The minimum absolute atomic E-state index is 0.231. The van der Waals surface area contributed by atoms with E-state index in [0.717, 1.165) is 54.6 Å². The predicted octanol–water partition coefficient (Wildman–Crippen LogP) is 3.29. The Balaban J connectivity index is 1.84. The van der Waals surface area contributed by atoms with Crippen LogP contribution >= 0.6 is 11.3 Å². The molecule has 0 unspecified atom stereocenters. The summed E-state index contributed by atoms with van der Waals surface area (Å²) in [6, 6.07) is 4.82. The van der Waals surface area contributed by atoms with E-state index in [9.17, 15) is 4.39 Å². The van der Waals surface area contributed by atoms with Gasteiger partial charge in [-0.05, 0) is 25.2 Å². The molecule has 1 aromatic carbocycles. The van der Waals surface area contributed by atoms with Crippen molar-refractivity contribution in [2.75, 3.05) is 45.2 Å². The summed E-state index contributed by atoms with van der Waals surface area (Å²) < 4.78 is 13.7. The zero-order chi connectivity index (χ0) is 16.0. The number of hydrogen-bond acceptors (Lipinski definition) is 5. The predicted molar refractivity (Wildman–Crippen MR) is 94.0 cm³/mol. The molecule has 3 heterocycles. The average molecular weight is 330 g/mol. The Hall–Kier alpha value is -1.92. The second-order valence-corrected chi connectivity index (χ2v) is 6.83. The van der Waals surface area contributed by atoms with E-state index in [0.29, 0.717) is 0 Å². The Morgan fingerprint density at radius 1 is 1.04 bits per heavy atom. The third kappa shape index (κ3) is 2.52. The SMILES string of the molecule is CN1CCN(C2=Nc3ccc(F)cc3N(C)c3cscc32)CC1. The number of halogens is 1. The molecule has 0 saturated carbocycles. The fourth-order valence-electron chi connectivity index (χ4n) is 3.14. The number of rotatable bonds is 0. The zero-order valence-electron chi connectivity index (χ0n) is 13.3. The van der Waals surface area contributed by atoms with E-state index < -0.39 is 0 Å². The van der Waals surface area contributed by atoms with E-state index in [-0.39, 0.29) is 5.82 Å². The van der Waals surface area contributed by atoms with Crippen LogP contribution in [0.5, 0.6) is 0 Å². The lowest BCUT2D eigenvalue weighted by Crippen LogP contribution is -2.47. The number of hydrogen-bond donors (Lipinski definition) is 0. The van der Waals surface area contributed by atoms with E-state index in [4.69, 9.17) is 4.99 Å². The van der Waals surface area contributed by atoms with Crippen LogP contribution in [0.4, 0.5) is 21.5 Å². The van der Waals surface area contributed by atoms with Crippen molar-refractivity contribution in [1.29, 1.82) is 0 Å². The van der Waals surface area contributed by atoms with Gasteiger partial charge in [0, 0.05) is 44.0 Å². The van der Waals surface area contributed by atoms with Gasteiger partial charge in [-0.1, -0.05) is 0 Å². The molecular weight excluding hydrogens is 311 g/mol. The standard InChI is InChI=1S/C17H19FN4S/c1-20-5-7-22(8-6-20)17-13-10-23-11-16(13)21(2)15-9-12(18)3-4-14(15)19-17/h3-4,9-11H,5-8H2,1-2H3. The Morgan fingerprint density at radius 2 is 1.83 bits per heavy atom. The maximum Gasteiger partial charge on any atom is 0.139 e. The van der Waals surface area contributed by atoms with Crippen molar-refractivity contribution in [3.05, 3.63) is 40.3 Å². The Bertz CT molecular complexity index is 762. The van der Waals surface area contributed by atoms with Crippen molar-refractivity contribution in [2.24, 2.45) is 4.99 Å². The molecule has 4 nitrogen and oxygen atoms in total. The van der Waals surface area contributed by atoms with E-state index in [1.54, 1.807) is 23.5 Å². The van der Waals surface area contributed by atoms with E-state index in [1.807, 2.05) is 11.9 Å². The Labute approximate surface area is 139 Å². The molecule has 0 radical (unpaired) electrons. The molecule has 1 fully saturated rings. The van der Waals surface area contributed by atoms with E-state index in [2.05, 4.69) is 27.6 Å². The number of benzene rings is 1. The topological polar surface area (TPSA) is 22.1 Å². The van der Waals surface area contributed by atoms with E-state index >= 15 is 0 Å². The summed E-state index contributed by atoms with van der Waals surface area (Å²) in [6.45, 7) is 3.99. The molecular formula is C17H19FN4S. The maximum atomic E-state index is 13.7. The van der Waals surface area contributed by atoms with Gasteiger partial charge in [-0.3, -0.25) is 0 Å². The zero-order valence-corrected chi connectivity index (χ0v) is 14.1. The lowest BCUT2D eigenvalue weighted by atomic mass is 10.2. The quantitative estimate of drug-likeness (QED) is 0.740. The van der Waals surface area contributed by atoms with Crippen LogP contribution in [0, 0.1) is 5.82 Å². The smallest absolute Gasteiger partial charge is 0.139 e. The van der Waals surface area contributed by atoms with Gasteiger partial charge in [0.05, 0.1) is 22.6 Å². The van der Waals surface area contributed by atoms with Crippen LogP contribution in [0.2, 0.25) is 0 Å². The molecule has 1 aromatic heterocycles. The van der Waals surface area contributed by atoms with Crippen molar-refractivity contribution in [2.45, 2.75) is 0 Å². The Morgan fingerprint density at radius 3 is 2.61 bits per heavy atom. The van der Waals surface area contributed by atoms with Crippen LogP contribution in [0.1, 0.15) is 5.56 Å². The summed E-state index contributed by atoms with van der Waals surface area (Å²) in [5, 5.41) is 4.26. The summed E-state index contributed by atoms with van der Waals surface area (Å²) in [6.07, 6.45) is 0. The molecule has 23 heavy (non-hydrogen) atoms. The molecule has 0 N–H and O–H groups in total. The van der Waals surface area contributed by atoms with Crippen molar-refractivity contribution in [3.63, 3.8) is 0 Å². The molecule has 0 aliphatic carbocycles. The van der Waals surface area contributed by atoms with Gasteiger partial charge in [0.2, 0.25) is 0 Å². The molecule has 0 spiro atoms. The lowest BCUT2D eigenvalue weighted by Gasteiger charge is -2.34. The van der Waals surface area contributed by atoms with Gasteiger partial charge in [-0.15, -0.1) is 11.3 Å². The van der Waals surface area contributed by atoms with Crippen molar-refractivity contribution in [1.82, 2.24) is 9.80 Å². The van der Waals surface area contributed by atoms with Gasteiger partial charge in [-0.2, -0.15) is 0 Å². The van der Waals surface area contributed by atoms with Crippen LogP contribution in [0.25, 0.3) is 0 Å². The molecule has 4 rings (SSSR count). The third-order valence-corrected chi connectivity index (χ3v) is 5.30. The third-order valence-electron chi connectivity index (χ3n) is 4.57. The van der Waals surface area contributed by atoms with Gasteiger partial charge < -0.3 is 14.7 Å². The molecule has 2 aliphatic rings. The number of thiophene rings is 1. The number of anilines is 2. The van der Waals surface area contributed by atoms with Crippen LogP contribution in [-0.4, -0.2) is 55.9 Å². The fourth-order valence-corrected chi connectivity index (χ4v) is 3.98. The lowest BCUT2D eigenvalue weighted by molar-refractivity contribution is 0.216. The first-order valence-electron chi connectivity index (χ1n) is 7.75. The molecule has 0 bridgehead atoms. The monoisotopic (exact) mass is 330 g/mol. The summed E-state index contributed by atoms with van der Waals surface area (Å²) >= 11 is 1.66. The van der Waals surface area contributed by atoms with Gasteiger partial charge in [0.15, 0.2) is 0 Å². The van der Waals surface area contributed by atoms with Crippen LogP contribution in [0.3, 0.4) is 0 Å². The van der Waals surface area contributed by atoms with Crippen molar-refractivity contribution in [3.8, 4) is 0 Å². The molecule has 0 amide bonds. The maximum absolute atomic E-state index is 13.7. The summed E-state index contributed by atoms with van der Waals surface area (Å²) in [5.74, 6) is 0.775. The van der Waals surface area contributed by atoms with Gasteiger partial charge in [0.1, 0.15) is 11.7 Å². The van der Waals surface area contributed by atoms with Crippen molar-refractivity contribution >= 4 is 34.2 Å². The highest BCUT2D eigenvalue weighted by molar-refractivity contribution is 7.08. The molecule has 120 valence electrons. The summed E-state index contributed by atoms with van der Waals surface area (Å²) in [7, 11) is 4.13. The van der Waals surface area contributed by atoms with Crippen molar-refractivity contribution < 1.29 is 4.39 Å². The molecule has 6 heteroatoms. The normalized spacial score (nSPS) is 18.3. The number of fused-ring (bicyclic) bond motifs is 2. The number of nitrogens with zero attached hydrogens (tertiary/aromatic N) is 4. The van der Waals surface area contributed by atoms with Crippen LogP contribution < -0.4 is 4.90 Å². The average Bonchev–Trinajstić information content (AvgIpc) is 2.99. The highest BCUT2D eigenvalue weighted by Gasteiger charge is 2.27. The fraction of sp³-hybridized carbons (Fsp3) is 0.353. The Kier molecular flexibility index (Phi) is 3.58. The first kappa shape index (κ1) is 14.7. The number of aliphatic imine (C=N–C) groups is 1.